The van der Waals surface area contributed by atoms with Crippen LogP contribution >= 0.6 is 0 Å². The Morgan fingerprint density at radius 3 is 2.59 bits per heavy atom. The smallest absolute Gasteiger partial charge is 0.420 e. The van der Waals surface area contributed by atoms with Crippen molar-refractivity contribution in [3.63, 3.8) is 0 Å². The molecule has 0 aliphatic carbocycles. The van der Waals surface area contributed by atoms with Crippen molar-refractivity contribution in [1.29, 1.82) is 0 Å². The maximum atomic E-state index is 13.2. The van der Waals surface area contributed by atoms with Crippen LogP contribution in [0.2, 0.25) is 0 Å². The van der Waals surface area contributed by atoms with Gasteiger partial charge in [-0.2, -0.15) is 13.2 Å². The van der Waals surface area contributed by atoms with Gasteiger partial charge in [0, 0.05) is 11.6 Å². The second kappa shape index (κ2) is 5.97. The standard InChI is InChI=1S/C15H11F3O4/c1-21-12-4-2-3-10(14(12)15(16,17)18)11-7-5-9(22-11)6-8-13(19)20/h2-8H,1H3,(H,19,20)/b8-6+. The molecule has 1 aromatic heterocycles. The van der Waals surface area contributed by atoms with Crippen molar-refractivity contribution < 1.29 is 32.2 Å². The zero-order valence-electron chi connectivity index (χ0n) is 11.3. The van der Waals surface area contributed by atoms with Crippen molar-refractivity contribution in [2.45, 2.75) is 6.18 Å². The molecule has 116 valence electrons. The quantitative estimate of drug-likeness (QED) is 0.865. The van der Waals surface area contributed by atoms with Gasteiger partial charge in [-0.15, -0.1) is 0 Å². The first-order valence-electron chi connectivity index (χ1n) is 6.08. The number of halogens is 3. The maximum absolute atomic E-state index is 13.2. The van der Waals surface area contributed by atoms with Crippen LogP contribution in [0.3, 0.4) is 0 Å². The molecule has 1 heterocycles. The lowest BCUT2D eigenvalue weighted by molar-refractivity contribution is -0.138. The highest BCUT2D eigenvalue weighted by Gasteiger charge is 2.38. The van der Waals surface area contributed by atoms with E-state index in [1.165, 1.54) is 30.3 Å². The molecule has 1 N–H and O–H groups in total. The van der Waals surface area contributed by atoms with Crippen LogP contribution in [0.1, 0.15) is 11.3 Å². The molecular formula is C15H11F3O4. The largest absolute Gasteiger partial charge is 0.496 e. The Morgan fingerprint density at radius 1 is 1.27 bits per heavy atom. The first-order valence-corrected chi connectivity index (χ1v) is 6.08. The molecule has 1 aromatic carbocycles. The molecule has 0 fully saturated rings. The Hall–Kier alpha value is -2.70. The Bertz CT molecular complexity index is 714. The minimum absolute atomic E-state index is 0.0312. The molecule has 0 atom stereocenters. The van der Waals surface area contributed by atoms with Gasteiger partial charge in [0.05, 0.1) is 7.11 Å². The molecule has 0 amide bonds. The second-order valence-electron chi connectivity index (χ2n) is 4.25. The third-order valence-corrected chi connectivity index (χ3v) is 2.81. The summed E-state index contributed by atoms with van der Waals surface area (Å²) in [6.07, 6.45) is -2.63. The van der Waals surface area contributed by atoms with Crippen LogP contribution in [0.25, 0.3) is 17.4 Å². The summed E-state index contributed by atoms with van der Waals surface area (Å²) in [6.45, 7) is 0. The number of aliphatic carboxylic acids is 1. The van der Waals surface area contributed by atoms with Crippen LogP contribution in [0.5, 0.6) is 5.75 Å². The molecule has 22 heavy (non-hydrogen) atoms. The molecular weight excluding hydrogens is 301 g/mol. The molecule has 0 aliphatic rings. The van der Waals surface area contributed by atoms with E-state index in [2.05, 4.69) is 0 Å². The Morgan fingerprint density at radius 2 is 2.00 bits per heavy atom. The fourth-order valence-electron chi connectivity index (χ4n) is 1.94. The first-order chi connectivity index (χ1) is 10.3. The van der Waals surface area contributed by atoms with Gasteiger partial charge in [-0.25, -0.2) is 4.79 Å². The van der Waals surface area contributed by atoms with E-state index >= 15 is 0 Å². The van der Waals surface area contributed by atoms with Crippen LogP contribution in [0.15, 0.2) is 40.8 Å². The topological polar surface area (TPSA) is 59.7 Å². The van der Waals surface area contributed by atoms with Gasteiger partial charge in [0.1, 0.15) is 22.8 Å². The summed E-state index contributed by atoms with van der Waals surface area (Å²) < 4.78 is 49.7. The predicted molar refractivity (Wildman–Crippen MR) is 72.4 cm³/mol. The number of carbonyl (C=O) groups is 1. The van der Waals surface area contributed by atoms with Crippen LogP contribution in [0.4, 0.5) is 13.2 Å². The number of hydrogen-bond donors (Lipinski definition) is 1. The summed E-state index contributed by atoms with van der Waals surface area (Å²) in [5.74, 6) is -1.40. The van der Waals surface area contributed by atoms with Crippen LogP contribution in [0, 0.1) is 0 Å². The number of furan rings is 1. The summed E-state index contributed by atoms with van der Waals surface area (Å²) in [5.41, 5.74) is -1.12. The van der Waals surface area contributed by atoms with E-state index in [1.54, 1.807) is 0 Å². The number of hydrogen-bond acceptors (Lipinski definition) is 3. The summed E-state index contributed by atoms with van der Waals surface area (Å²) in [7, 11) is 1.15. The zero-order chi connectivity index (χ0) is 16.3. The van der Waals surface area contributed by atoms with Crippen molar-refractivity contribution in [3.05, 3.63) is 47.7 Å². The molecule has 0 aliphatic heterocycles. The normalized spacial score (nSPS) is 11.8. The van der Waals surface area contributed by atoms with Crippen molar-refractivity contribution in [1.82, 2.24) is 0 Å². The van der Waals surface area contributed by atoms with Crippen LogP contribution < -0.4 is 4.74 Å². The van der Waals surface area contributed by atoms with Gasteiger partial charge in [-0.3, -0.25) is 0 Å². The molecule has 7 heteroatoms. The molecule has 2 aromatic rings. The highest BCUT2D eigenvalue weighted by Crippen LogP contribution is 2.43. The highest BCUT2D eigenvalue weighted by molar-refractivity contribution is 5.84. The fraction of sp³-hybridized carbons (Fsp3) is 0.133. The Labute approximate surface area is 123 Å². The van der Waals surface area contributed by atoms with Crippen molar-refractivity contribution in [2.75, 3.05) is 7.11 Å². The van der Waals surface area contributed by atoms with Gasteiger partial charge in [0.2, 0.25) is 0 Å². The van der Waals surface area contributed by atoms with E-state index in [9.17, 15) is 18.0 Å². The highest BCUT2D eigenvalue weighted by atomic mass is 19.4. The number of carboxylic acid groups (broad SMARTS) is 1. The van der Waals surface area contributed by atoms with Gasteiger partial charge in [0.15, 0.2) is 0 Å². The molecule has 0 radical (unpaired) electrons. The van der Waals surface area contributed by atoms with Gasteiger partial charge < -0.3 is 14.3 Å². The van der Waals surface area contributed by atoms with Crippen LogP contribution in [-0.2, 0) is 11.0 Å². The van der Waals surface area contributed by atoms with E-state index in [4.69, 9.17) is 14.3 Å². The number of benzene rings is 1. The second-order valence-corrected chi connectivity index (χ2v) is 4.25. The van der Waals surface area contributed by atoms with Gasteiger partial charge in [0.25, 0.3) is 0 Å². The molecule has 0 spiro atoms. The summed E-state index contributed by atoms with van der Waals surface area (Å²) in [6, 6.07) is 6.61. The Balaban J connectivity index is 2.51. The van der Waals surface area contributed by atoms with Crippen LogP contribution in [-0.4, -0.2) is 18.2 Å². The number of alkyl halides is 3. The van der Waals surface area contributed by atoms with E-state index < -0.39 is 17.7 Å². The van der Waals surface area contributed by atoms with E-state index in [-0.39, 0.29) is 22.8 Å². The fourth-order valence-corrected chi connectivity index (χ4v) is 1.94. The molecule has 4 nitrogen and oxygen atoms in total. The number of methoxy groups -OCH3 is 1. The lowest BCUT2D eigenvalue weighted by Crippen LogP contribution is -2.09. The molecule has 0 saturated carbocycles. The monoisotopic (exact) mass is 312 g/mol. The number of ether oxygens (including phenoxy) is 1. The van der Waals surface area contributed by atoms with Crippen molar-refractivity contribution in [3.8, 4) is 17.1 Å². The van der Waals surface area contributed by atoms with Gasteiger partial charge >= 0.3 is 12.1 Å². The summed E-state index contributed by atoms with van der Waals surface area (Å²) in [5, 5.41) is 8.52. The first kappa shape index (κ1) is 15.7. The van der Waals surface area contributed by atoms with Gasteiger partial charge in [-0.05, 0) is 24.3 Å². The van der Waals surface area contributed by atoms with E-state index in [1.807, 2.05) is 0 Å². The third-order valence-electron chi connectivity index (χ3n) is 2.81. The maximum Gasteiger partial charge on any atom is 0.420 e. The van der Waals surface area contributed by atoms with Crippen molar-refractivity contribution >= 4 is 12.0 Å². The zero-order valence-corrected chi connectivity index (χ0v) is 11.3. The van der Waals surface area contributed by atoms with E-state index in [0.29, 0.717) is 0 Å². The third kappa shape index (κ3) is 3.30. The average molecular weight is 312 g/mol. The van der Waals surface area contributed by atoms with Crippen molar-refractivity contribution in [2.24, 2.45) is 0 Å². The minimum Gasteiger partial charge on any atom is -0.496 e. The summed E-state index contributed by atoms with van der Waals surface area (Å²) in [4.78, 5) is 10.4. The molecule has 2 rings (SSSR count). The summed E-state index contributed by atoms with van der Waals surface area (Å²) >= 11 is 0. The predicted octanol–water partition coefficient (Wildman–Crippen LogP) is 4.07. The number of carboxylic acids is 1. The molecule has 0 saturated heterocycles. The SMILES string of the molecule is COc1cccc(-c2ccc(/C=C/C(=O)O)o2)c1C(F)(F)F. The molecule has 0 bridgehead atoms. The minimum atomic E-state index is -4.62. The van der Waals surface area contributed by atoms with E-state index in [0.717, 1.165) is 19.3 Å². The average Bonchev–Trinajstić information content (AvgIpc) is 2.92. The van der Waals surface area contributed by atoms with Gasteiger partial charge in [-0.1, -0.05) is 12.1 Å². The molecule has 0 unspecified atom stereocenters. The lowest BCUT2D eigenvalue weighted by atomic mass is 10.0. The lowest BCUT2D eigenvalue weighted by Gasteiger charge is -2.15. The Kier molecular flexibility index (Phi) is 4.25. The number of rotatable bonds is 4.